The Hall–Kier alpha value is -1.40. The molecule has 0 spiro atoms. The van der Waals surface area contributed by atoms with Gasteiger partial charge in [0.25, 0.3) is 0 Å². The van der Waals surface area contributed by atoms with Crippen LogP contribution in [-0.4, -0.2) is 36.5 Å². The lowest BCUT2D eigenvalue weighted by atomic mass is 10.0. The Labute approximate surface area is 128 Å². The van der Waals surface area contributed by atoms with Gasteiger partial charge < -0.3 is 15.4 Å². The molecular weight excluding hydrogens is 302 g/mol. The summed E-state index contributed by atoms with van der Waals surface area (Å²) in [5.41, 5.74) is 6.30. The molecule has 118 valence electrons. The van der Waals surface area contributed by atoms with Crippen LogP contribution in [0.3, 0.4) is 0 Å². The number of carbonyl (C=O) groups is 1. The molecule has 7 heteroatoms. The van der Waals surface area contributed by atoms with Crippen LogP contribution in [0.4, 0.5) is 8.78 Å². The molecule has 0 radical (unpaired) electrons. The van der Waals surface area contributed by atoms with Crippen molar-refractivity contribution in [3.05, 3.63) is 29.8 Å². The van der Waals surface area contributed by atoms with Gasteiger partial charge in [-0.25, -0.2) is 0 Å². The molecule has 0 saturated carbocycles. The van der Waals surface area contributed by atoms with Crippen LogP contribution >= 0.6 is 12.4 Å². The van der Waals surface area contributed by atoms with Gasteiger partial charge in [0.2, 0.25) is 5.91 Å². The Morgan fingerprint density at radius 2 is 2.14 bits per heavy atom. The number of benzene rings is 1. The molecule has 1 fully saturated rings. The van der Waals surface area contributed by atoms with Gasteiger partial charge in [-0.1, -0.05) is 18.2 Å². The van der Waals surface area contributed by atoms with E-state index in [1.54, 1.807) is 23.1 Å². The summed E-state index contributed by atoms with van der Waals surface area (Å²) < 4.78 is 29.0. The molecule has 1 saturated heterocycles. The van der Waals surface area contributed by atoms with Crippen molar-refractivity contribution in [3.8, 4) is 5.75 Å². The third kappa shape index (κ3) is 5.13. The minimum atomic E-state index is -2.89. The second kappa shape index (κ2) is 8.14. The van der Waals surface area contributed by atoms with Crippen molar-refractivity contribution in [2.24, 2.45) is 5.73 Å². The van der Waals surface area contributed by atoms with E-state index in [0.29, 0.717) is 18.7 Å². The normalized spacial score (nSPS) is 18.3. The number of para-hydroxylation sites is 1. The predicted octanol–water partition coefficient (Wildman–Crippen LogP) is 2.20. The Balaban J connectivity index is 0.00000220. The number of nitrogens with two attached hydrogens (primary N) is 1. The van der Waals surface area contributed by atoms with Gasteiger partial charge in [-0.15, -0.1) is 12.4 Å². The molecule has 1 amide bonds. The average Bonchev–Trinajstić information content (AvgIpc) is 2.40. The molecule has 0 bridgehead atoms. The number of alkyl halides is 2. The third-order valence-corrected chi connectivity index (χ3v) is 3.34. The molecular formula is C14H19ClF2N2O2. The monoisotopic (exact) mass is 320 g/mol. The zero-order valence-electron chi connectivity index (χ0n) is 11.5. The maximum Gasteiger partial charge on any atom is 0.387 e. The van der Waals surface area contributed by atoms with Crippen LogP contribution in [-0.2, 0) is 11.2 Å². The first kappa shape index (κ1) is 17.7. The van der Waals surface area contributed by atoms with Crippen molar-refractivity contribution >= 4 is 18.3 Å². The second-order valence-electron chi connectivity index (χ2n) is 4.91. The standard InChI is InChI=1S/C14H18F2N2O2.ClH/c15-14(16)20-12-6-2-1-4-10(12)8-13(19)18-7-3-5-11(17)9-18;/h1-2,4,6,11,14H,3,5,7-9,17H2;1H. The van der Waals surface area contributed by atoms with Gasteiger partial charge in [-0.3, -0.25) is 4.79 Å². The van der Waals surface area contributed by atoms with Gasteiger partial charge in [0.05, 0.1) is 6.42 Å². The first-order valence-electron chi connectivity index (χ1n) is 6.62. The lowest BCUT2D eigenvalue weighted by Crippen LogP contribution is -2.46. The molecule has 0 aliphatic carbocycles. The number of halogens is 3. The number of hydrogen-bond donors (Lipinski definition) is 1. The number of ether oxygens (including phenoxy) is 1. The smallest absolute Gasteiger partial charge is 0.387 e. The SMILES string of the molecule is Cl.NC1CCCN(C(=O)Cc2ccccc2OC(F)F)C1. The van der Waals surface area contributed by atoms with Gasteiger partial charge in [-0.05, 0) is 18.9 Å². The summed E-state index contributed by atoms with van der Waals surface area (Å²) in [5.74, 6) is -0.0531. The average molecular weight is 321 g/mol. The van der Waals surface area contributed by atoms with E-state index in [2.05, 4.69) is 4.74 Å². The van der Waals surface area contributed by atoms with E-state index in [1.807, 2.05) is 0 Å². The topological polar surface area (TPSA) is 55.6 Å². The van der Waals surface area contributed by atoms with Gasteiger partial charge in [0, 0.05) is 24.7 Å². The van der Waals surface area contributed by atoms with E-state index in [1.165, 1.54) is 6.07 Å². The molecule has 2 rings (SSSR count). The highest BCUT2D eigenvalue weighted by atomic mass is 35.5. The van der Waals surface area contributed by atoms with Crippen molar-refractivity contribution in [2.45, 2.75) is 31.9 Å². The molecule has 4 nitrogen and oxygen atoms in total. The molecule has 1 aromatic carbocycles. The molecule has 1 heterocycles. The Morgan fingerprint density at radius 3 is 2.81 bits per heavy atom. The number of carbonyl (C=O) groups excluding carboxylic acids is 1. The van der Waals surface area contributed by atoms with Gasteiger partial charge >= 0.3 is 6.61 Å². The molecule has 1 unspecified atom stereocenters. The van der Waals surface area contributed by atoms with Crippen molar-refractivity contribution in [1.29, 1.82) is 0 Å². The highest BCUT2D eigenvalue weighted by Crippen LogP contribution is 2.22. The van der Waals surface area contributed by atoms with E-state index in [9.17, 15) is 13.6 Å². The summed E-state index contributed by atoms with van der Waals surface area (Å²) in [6, 6.07) is 6.36. The Kier molecular flexibility index (Phi) is 6.84. The molecule has 2 N–H and O–H groups in total. The first-order valence-corrected chi connectivity index (χ1v) is 6.62. The number of hydrogen-bond acceptors (Lipinski definition) is 3. The minimum absolute atomic E-state index is 0. The van der Waals surface area contributed by atoms with Crippen molar-refractivity contribution < 1.29 is 18.3 Å². The summed E-state index contributed by atoms with van der Waals surface area (Å²) >= 11 is 0. The molecule has 1 aromatic rings. The van der Waals surface area contributed by atoms with E-state index in [0.717, 1.165) is 12.8 Å². The summed E-state index contributed by atoms with van der Waals surface area (Å²) in [4.78, 5) is 13.9. The zero-order valence-corrected chi connectivity index (χ0v) is 12.3. The fourth-order valence-electron chi connectivity index (χ4n) is 2.37. The van der Waals surface area contributed by atoms with Crippen molar-refractivity contribution in [1.82, 2.24) is 4.90 Å². The summed E-state index contributed by atoms with van der Waals surface area (Å²) in [6.45, 7) is -1.70. The first-order chi connectivity index (χ1) is 9.56. The van der Waals surface area contributed by atoms with Crippen LogP contribution in [0.5, 0.6) is 5.75 Å². The third-order valence-electron chi connectivity index (χ3n) is 3.34. The Bertz CT molecular complexity index is 474. The molecule has 0 aromatic heterocycles. The maximum absolute atomic E-state index is 12.3. The molecule has 21 heavy (non-hydrogen) atoms. The number of rotatable bonds is 4. The van der Waals surface area contributed by atoms with Crippen molar-refractivity contribution in [2.75, 3.05) is 13.1 Å². The van der Waals surface area contributed by atoms with Crippen LogP contribution in [0.15, 0.2) is 24.3 Å². The summed E-state index contributed by atoms with van der Waals surface area (Å²) in [7, 11) is 0. The predicted molar refractivity (Wildman–Crippen MR) is 77.8 cm³/mol. The van der Waals surface area contributed by atoms with Gasteiger partial charge in [0.1, 0.15) is 5.75 Å². The largest absolute Gasteiger partial charge is 0.435 e. The van der Waals surface area contributed by atoms with Crippen LogP contribution in [0, 0.1) is 0 Å². The van der Waals surface area contributed by atoms with Crippen LogP contribution in [0.2, 0.25) is 0 Å². The number of piperidine rings is 1. The molecule has 1 atom stereocenters. The van der Waals surface area contributed by atoms with E-state index in [4.69, 9.17) is 5.73 Å². The van der Waals surface area contributed by atoms with Crippen LogP contribution in [0.1, 0.15) is 18.4 Å². The summed E-state index contributed by atoms with van der Waals surface area (Å²) in [5, 5.41) is 0. The van der Waals surface area contributed by atoms with Crippen LogP contribution < -0.4 is 10.5 Å². The molecule has 1 aliphatic rings. The summed E-state index contributed by atoms with van der Waals surface area (Å²) in [6.07, 6.45) is 1.84. The lowest BCUT2D eigenvalue weighted by molar-refractivity contribution is -0.131. The highest BCUT2D eigenvalue weighted by Gasteiger charge is 2.22. The second-order valence-corrected chi connectivity index (χ2v) is 4.91. The zero-order chi connectivity index (χ0) is 14.5. The maximum atomic E-state index is 12.3. The van der Waals surface area contributed by atoms with E-state index in [-0.39, 0.29) is 36.5 Å². The van der Waals surface area contributed by atoms with Crippen LogP contribution in [0.25, 0.3) is 0 Å². The van der Waals surface area contributed by atoms with E-state index >= 15 is 0 Å². The van der Waals surface area contributed by atoms with Gasteiger partial charge in [0.15, 0.2) is 0 Å². The molecule has 1 aliphatic heterocycles. The number of likely N-dealkylation sites (tertiary alicyclic amines) is 1. The quantitative estimate of drug-likeness (QED) is 0.925. The highest BCUT2D eigenvalue weighted by molar-refractivity contribution is 5.85. The number of amides is 1. The van der Waals surface area contributed by atoms with Gasteiger partial charge in [-0.2, -0.15) is 8.78 Å². The minimum Gasteiger partial charge on any atom is -0.435 e. The van der Waals surface area contributed by atoms with E-state index < -0.39 is 6.61 Å². The Morgan fingerprint density at radius 1 is 1.43 bits per heavy atom. The fraction of sp³-hybridized carbons (Fsp3) is 0.500. The fourth-order valence-corrected chi connectivity index (χ4v) is 2.37. The van der Waals surface area contributed by atoms with Crippen molar-refractivity contribution in [3.63, 3.8) is 0 Å². The lowest BCUT2D eigenvalue weighted by Gasteiger charge is -2.31. The number of nitrogens with zero attached hydrogens (tertiary/aromatic N) is 1.